The Kier molecular flexibility index (Phi) is 5.27. The molecule has 2 rings (SSSR count). The van der Waals surface area contributed by atoms with Crippen LogP contribution in [0.3, 0.4) is 0 Å². The van der Waals surface area contributed by atoms with E-state index in [4.69, 9.17) is 0 Å². The number of hydrogen-bond acceptors (Lipinski definition) is 3. The fourth-order valence-electron chi connectivity index (χ4n) is 2.26. The van der Waals surface area contributed by atoms with Crippen molar-refractivity contribution in [2.24, 2.45) is 0 Å². The van der Waals surface area contributed by atoms with E-state index in [1.807, 2.05) is 36.4 Å². The minimum Gasteiger partial charge on any atom is -0.544 e. The number of carbonyl (C=O) groups excluding carboxylic acids is 2. The Balaban J connectivity index is 2.10. The van der Waals surface area contributed by atoms with Crippen LogP contribution in [-0.2, 0) is 9.59 Å². The van der Waals surface area contributed by atoms with Crippen molar-refractivity contribution in [2.45, 2.75) is 12.5 Å². The number of quaternary nitrogens is 1. The molecule has 0 unspecified atom stereocenters. The van der Waals surface area contributed by atoms with Gasteiger partial charge in [-0.25, -0.2) is 0 Å². The van der Waals surface area contributed by atoms with E-state index in [1.54, 1.807) is 12.1 Å². The number of carboxylic acids is 1. The highest BCUT2D eigenvalue weighted by Gasteiger charge is 2.18. The Morgan fingerprint density at radius 3 is 2.68 bits per heavy atom. The van der Waals surface area contributed by atoms with Crippen molar-refractivity contribution >= 4 is 28.3 Å². The number of amides is 1. The van der Waals surface area contributed by atoms with Crippen LogP contribution in [0.2, 0.25) is 0 Å². The van der Waals surface area contributed by atoms with Crippen molar-refractivity contribution in [2.75, 3.05) is 11.9 Å². The molecule has 5 nitrogen and oxygen atoms in total. The summed E-state index contributed by atoms with van der Waals surface area (Å²) in [5.74, 6) is -1.61. The molecule has 0 aliphatic carbocycles. The van der Waals surface area contributed by atoms with Gasteiger partial charge < -0.3 is 20.5 Å². The van der Waals surface area contributed by atoms with Crippen LogP contribution in [0.1, 0.15) is 6.42 Å². The van der Waals surface area contributed by atoms with Gasteiger partial charge in [-0.3, -0.25) is 4.79 Å². The number of hydrogen-bond donors (Lipinski definition) is 2. The smallest absolute Gasteiger partial charge is 0.230 e. The lowest BCUT2D eigenvalue weighted by atomic mass is 10.1. The van der Waals surface area contributed by atoms with E-state index in [0.717, 1.165) is 10.8 Å². The molecular weight excluding hydrogens is 280 g/mol. The quantitative estimate of drug-likeness (QED) is 0.708. The van der Waals surface area contributed by atoms with E-state index in [-0.39, 0.29) is 12.3 Å². The monoisotopic (exact) mass is 298 g/mol. The van der Waals surface area contributed by atoms with Gasteiger partial charge >= 0.3 is 0 Å². The largest absolute Gasteiger partial charge is 0.544 e. The van der Waals surface area contributed by atoms with Crippen LogP contribution in [0.5, 0.6) is 0 Å². The van der Waals surface area contributed by atoms with Gasteiger partial charge in [-0.2, -0.15) is 0 Å². The molecule has 0 aliphatic rings. The molecule has 0 aromatic heterocycles. The van der Waals surface area contributed by atoms with Crippen molar-refractivity contribution in [1.82, 2.24) is 0 Å². The summed E-state index contributed by atoms with van der Waals surface area (Å²) in [5.41, 5.74) is 0.670. The van der Waals surface area contributed by atoms with Gasteiger partial charge in [-0.1, -0.05) is 43.0 Å². The lowest BCUT2D eigenvalue weighted by Crippen LogP contribution is -2.93. The van der Waals surface area contributed by atoms with E-state index in [1.165, 1.54) is 5.32 Å². The highest BCUT2D eigenvalue weighted by molar-refractivity contribution is 6.02. The number of benzene rings is 2. The fourth-order valence-corrected chi connectivity index (χ4v) is 2.26. The zero-order chi connectivity index (χ0) is 15.9. The number of fused-ring (bicyclic) bond motifs is 1. The number of carbonyl (C=O) groups is 2. The summed E-state index contributed by atoms with van der Waals surface area (Å²) < 4.78 is 0. The summed E-state index contributed by atoms with van der Waals surface area (Å²) in [6, 6.07) is 12.3. The minimum atomic E-state index is -1.25. The zero-order valence-electron chi connectivity index (χ0n) is 12.1. The first-order valence-corrected chi connectivity index (χ1v) is 7.04. The number of carboxylic acid groups (broad SMARTS) is 1. The predicted molar refractivity (Wildman–Crippen MR) is 83.0 cm³/mol. The van der Waals surface area contributed by atoms with Crippen LogP contribution in [0.15, 0.2) is 55.1 Å². The number of nitrogens with two attached hydrogens (primary N) is 1. The zero-order valence-corrected chi connectivity index (χ0v) is 12.1. The molecule has 0 radical (unpaired) electrons. The molecule has 2 aromatic rings. The molecule has 1 atom stereocenters. The number of rotatable bonds is 7. The third-order valence-corrected chi connectivity index (χ3v) is 3.36. The maximum Gasteiger partial charge on any atom is 0.230 e. The first-order chi connectivity index (χ1) is 10.6. The van der Waals surface area contributed by atoms with Gasteiger partial charge in [0.15, 0.2) is 0 Å². The molecule has 2 aromatic carbocycles. The van der Waals surface area contributed by atoms with E-state index in [0.29, 0.717) is 12.2 Å². The lowest BCUT2D eigenvalue weighted by Gasteiger charge is -2.16. The molecule has 22 heavy (non-hydrogen) atoms. The summed E-state index contributed by atoms with van der Waals surface area (Å²) in [6.45, 7) is 3.94. The van der Waals surface area contributed by atoms with E-state index in [2.05, 4.69) is 11.9 Å². The first kappa shape index (κ1) is 15.7. The highest BCUT2D eigenvalue weighted by atomic mass is 16.4. The lowest BCUT2D eigenvalue weighted by molar-refractivity contribution is -0.674. The molecule has 0 heterocycles. The average molecular weight is 298 g/mol. The molecule has 0 spiro atoms. The van der Waals surface area contributed by atoms with Crippen LogP contribution in [0.4, 0.5) is 5.69 Å². The third-order valence-electron chi connectivity index (χ3n) is 3.36. The van der Waals surface area contributed by atoms with Gasteiger partial charge in [-0.05, 0) is 17.5 Å². The van der Waals surface area contributed by atoms with Gasteiger partial charge in [0.2, 0.25) is 5.91 Å². The van der Waals surface area contributed by atoms with E-state index >= 15 is 0 Å². The Morgan fingerprint density at radius 2 is 1.95 bits per heavy atom. The second-order valence-electron chi connectivity index (χ2n) is 4.96. The average Bonchev–Trinajstić information content (AvgIpc) is 2.51. The molecule has 3 N–H and O–H groups in total. The van der Waals surface area contributed by atoms with Gasteiger partial charge in [0, 0.05) is 11.1 Å². The SMILES string of the molecule is C=CC[NH2+][C@@H](CC(=O)Nc1cccc2ccccc12)C(=O)[O-]. The van der Waals surface area contributed by atoms with Crippen molar-refractivity contribution in [1.29, 1.82) is 0 Å². The second kappa shape index (κ2) is 7.38. The summed E-state index contributed by atoms with van der Waals surface area (Å²) in [5, 5.41) is 17.3. The Bertz CT molecular complexity index is 692. The highest BCUT2D eigenvalue weighted by Crippen LogP contribution is 2.22. The number of nitrogens with one attached hydrogen (secondary N) is 1. The minimum absolute atomic E-state index is 0.153. The van der Waals surface area contributed by atoms with Crippen LogP contribution in [-0.4, -0.2) is 24.5 Å². The summed E-state index contributed by atoms with van der Waals surface area (Å²) >= 11 is 0. The van der Waals surface area contributed by atoms with Gasteiger partial charge in [0.25, 0.3) is 0 Å². The second-order valence-corrected chi connectivity index (χ2v) is 4.96. The number of anilines is 1. The van der Waals surface area contributed by atoms with Crippen molar-refractivity contribution < 1.29 is 20.0 Å². The van der Waals surface area contributed by atoms with Crippen molar-refractivity contribution in [3.8, 4) is 0 Å². The van der Waals surface area contributed by atoms with Gasteiger partial charge in [0.05, 0.1) is 18.9 Å². The Hall–Kier alpha value is -2.66. The van der Waals surface area contributed by atoms with Crippen LogP contribution < -0.4 is 15.7 Å². The maximum absolute atomic E-state index is 12.1. The Labute approximate surface area is 128 Å². The molecule has 114 valence electrons. The number of aliphatic carboxylic acids is 1. The Morgan fingerprint density at radius 1 is 1.23 bits per heavy atom. The fraction of sp³-hybridized carbons (Fsp3) is 0.176. The van der Waals surface area contributed by atoms with Crippen LogP contribution in [0, 0.1) is 0 Å². The summed E-state index contributed by atoms with van der Waals surface area (Å²) in [4.78, 5) is 23.1. The van der Waals surface area contributed by atoms with E-state index in [9.17, 15) is 14.7 Å². The third kappa shape index (κ3) is 3.93. The van der Waals surface area contributed by atoms with Crippen LogP contribution >= 0.6 is 0 Å². The molecule has 1 amide bonds. The molecular formula is C17H18N2O3. The normalized spacial score (nSPS) is 11.8. The molecule has 0 bridgehead atoms. The van der Waals surface area contributed by atoms with Crippen LogP contribution in [0.25, 0.3) is 10.8 Å². The van der Waals surface area contributed by atoms with Gasteiger partial charge in [0.1, 0.15) is 6.04 Å². The topological polar surface area (TPSA) is 85.8 Å². The summed E-state index contributed by atoms with van der Waals surface area (Å²) in [6.07, 6.45) is 1.43. The van der Waals surface area contributed by atoms with E-state index < -0.39 is 12.0 Å². The molecule has 0 fully saturated rings. The van der Waals surface area contributed by atoms with Crippen molar-refractivity contribution in [3.63, 3.8) is 0 Å². The molecule has 0 saturated heterocycles. The first-order valence-electron chi connectivity index (χ1n) is 7.04. The summed E-state index contributed by atoms with van der Waals surface area (Å²) in [7, 11) is 0. The van der Waals surface area contributed by atoms with Crippen molar-refractivity contribution in [3.05, 3.63) is 55.1 Å². The van der Waals surface area contributed by atoms with Gasteiger partial charge in [-0.15, -0.1) is 0 Å². The molecule has 5 heteroatoms. The predicted octanol–water partition coefficient (Wildman–Crippen LogP) is 0.0363. The molecule has 0 saturated carbocycles. The maximum atomic E-state index is 12.1. The standard InChI is InChI=1S/C17H18N2O3/c1-2-10-18-15(17(21)22)11-16(20)19-14-9-5-7-12-6-3-4-8-13(12)14/h2-9,15,18H,1,10-11H2,(H,19,20)(H,21,22)/t15-/m0/s1. The molecule has 0 aliphatic heterocycles.